The fourth-order valence-electron chi connectivity index (χ4n) is 2.07. The van der Waals surface area contributed by atoms with E-state index < -0.39 is 0 Å². The van der Waals surface area contributed by atoms with Crippen molar-refractivity contribution in [1.82, 2.24) is 0 Å². The summed E-state index contributed by atoms with van der Waals surface area (Å²) in [5.74, 6) is 1.66. The molecule has 0 aromatic heterocycles. The minimum absolute atomic E-state index is 0.788. The van der Waals surface area contributed by atoms with Crippen molar-refractivity contribution < 1.29 is 0 Å². The van der Waals surface area contributed by atoms with Crippen LogP contribution >= 0.6 is 0 Å². The molecule has 2 atom stereocenters. The maximum absolute atomic E-state index is 2.37. The van der Waals surface area contributed by atoms with Crippen LogP contribution in [-0.4, -0.2) is 0 Å². The molecule has 2 unspecified atom stereocenters. The van der Waals surface area contributed by atoms with Crippen LogP contribution in [0.5, 0.6) is 0 Å². The smallest absolute Gasteiger partial charge is 0.00141 e. The molecule has 58 valence electrons. The fourth-order valence-corrected chi connectivity index (χ4v) is 2.07. The molecule has 0 nitrogen and oxygen atoms in total. The summed E-state index contributed by atoms with van der Waals surface area (Å²) >= 11 is 0. The lowest BCUT2D eigenvalue weighted by atomic mass is 10.0. The van der Waals surface area contributed by atoms with Crippen molar-refractivity contribution in [2.24, 2.45) is 11.8 Å². The maximum Gasteiger partial charge on any atom is -0.00141 e. The quantitative estimate of drug-likeness (QED) is 0.499. The Morgan fingerprint density at radius 1 is 1.45 bits per heavy atom. The van der Waals surface area contributed by atoms with Gasteiger partial charge in [-0.1, -0.05) is 36.0 Å². The third-order valence-electron chi connectivity index (χ3n) is 2.65. The third-order valence-corrected chi connectivity index (χ3v) is 2.65. The first-order chi connectivity index (χ1) is 5.40. The van der Waals surface area contributed by atoms with Gasteiger partial charge in [-0.2, -0.15) is 0 Å². The van der Waals surface area contributed by atoms with E-state index in [0.717, 1.165) is 11.8 Å². The van der Waals surface area contributed by atoms with Gasteiger partial charge in [-0.15, -0.1) is 0 Å². The van der Waals surface area contributed by atoms with Gasteiger partial charge >= 0.3 is 0 Å². The van der Waals surface area contributed by atoms with E-state index >= 15 is 0 Å². The zero-order chi connectivity index (χ0) is 7.68. The van der Waals surface area contributed by atoms with Crippen LogP contribution in [0.2, 0.25) is 0 Å². The summed E-state index contributed by atoms with van der Waals surface area (Å²) in [4.78, 5) is 0. The Labute approximate surface area is 68.3 Å². The van der Waals surface area contributed by atoms with Crippen LogP contribution in [0, 0.1) is 11.8 Å². The zero-order valence-corrected chi connectivity index (χ0v) is 6.96. The molecule has 1 saturated carbocycles. The van der Waals surface area contributed by atoms with E-state index in [-0.39, 0.29) is 0 Å². The Balaban J connectivity index is 2.14. The Bertz CT molecular complexity index is 230. The van der Waals surface area contributed by atoms with Crippen LogP contribution in [0.4, 0.5) is 0 Å². The summed E-state index contributed by atoms with van der Waals surface area (Å²) in [7, 11) is 0. The van der Waals surface area contributed by atoms with Gasteiger partial charge < -0.3 is 0 Å². The normalized spacial score (nSPS) is 38.1. The number of hydrogen-bond donors (Lipinski definition) is 0. The van der Waals surface area contributed by atoms with Crippen molar-refractivity contribution in [2.75, 3.05) is 0 Å². The third kappa shape index (κ3) is 1.18. The van der Waals surface area contributed by atoms with Gasteiger partial charge in [0.1, 0.15) is 0 Å². The van der Waals surface area contributed by atoms with Gasteiger partial charge in [-0.25, -0.2) is 0 Å². The summed E-state index contributed by atoms with van der Waals surface area (Å²) < 4.78 is 0. The van der Waals surface area contributed by atoms with E-state index in [2.05, 4.69) is 37.3 Å². The van der Waals surface area contributed by atoms with Gasteiger partial charge in [-0.05, 0) is 31.6 Å². The molecule has 0 heteroatoms. The monoisotopic (exact) mass is 146 g/mol. The number of fused-ring (bicyclic) bond motifs is 2. The van der Waals surface area contributed by atoms with Gasteiger partial charge in [0.25, 0.3) is 0 Å². The lowest BCUT2D eigenvalue weighted by Crippen LogP contribution is -1.90. The topological polar surface area (TPSA) is 0 Å². The minimum atomic E-state index is 0.788. The highest BCUT2D eigenvalue weighted by atomic mass is 14.3. The van der Waals surface area contributed by atoms with Gasteiger partial charge in [0.2, 0.25) is 0 Å². The van der Waals surface area contributed by atoms with Crippen molar-refractivity contribution in [2.45, 2.75) is 19.8 Å². The molecule has 2 rings (SSSR count). The number of hydrogen-bond acceptors (Lipinski definition) is 0. The first kappa shape index (κ1) is 6.90. The standard InChI is InChI=1S/C11H14/c1-2-3-4-10-7-9-5-6-11(10)8-9/h2-6,9,11H,7-8H2,1H3. The van der Waals surface area contributed by atoms with Gasteiger partial charge in [0.05, 0.1) is 0 Å². The predicted octanol–water partition coefficient (Wildman–Crippen LogP) is 3.08. The lowest BCUT2D eigenvalue weighted by Gasteiger charge is -2.05. The molecule has 0 heterocycles. The molecule has 1 fully saturated rings. The van der Waals surface area contributed by atoms with Crippen LogP contribution in [-0.2, 0) is 0 Å². The Kier molecular flexibility index (Phi) is 1.69. The minimum Gasteiger partial charge on any atom is -0.0877 e. The summed E-state index contributed by atoms with van der Waals surface area (Å²) in [6.45, 7) is 2.07. The highest BCUT2D eigenvalue weighted by Gasteiger charge is 2.29. The largest absolute Gasteiger partial charge is 0.0877 e. The van der Waals surface area contributed by atoms with Gasteiger partial charge in [0.15, 0.2) is 0 Å². The molecular formula is C11H14. The second-order valence-corrected chi connectivity index (χ2v) is 3.46. The average molecular weight is 146 g/mol. The molecule has 2 aliphatic rings. The van der Waals surface area contributed by atoms with Crippen LogP contribution in [0.3, 0.4) is 0 Å². The molecule has 0 amide bonds. The fraction of sp³-hybridized carbons (Fsp3) is 0.455. The molecule has 11 heavy (non-hydrogen) atoms. The van der Waals surface area contributed by atoms with Crippen molar-refractivity contribution in [1.29, 1.82) is 0 Å². The van der Waals surface area contributed by atoms with Crippen molar-refractivity contribution in [3.63, 3.8) is 0 Å². The van der Waals surface area contributed by atoms with Crippen LogP contribution in [0.1, 0.15) is 19.8 Å². The summed E-state index contributed by atoms with van der Waals surface area (Å²) in [6.07, 6.45) is 14.0. The lowest BCUT2D eigenvalue weighted by molar-refractivity contribution is 0.693. The first-order valence-electron chi connectivity index (χ1n) is 4.40. The van der Waals surface area contributed by atoms with E-state index in [1.54, 1.807) is 5.57 Å². The zero-order valence-electron chi connectivity index (χ0n) is 6.96. The maximum atomic E-state index is 2.37. The molecule has 0 spiro atoms. The second kappa shape index (κ2) is 2.69. The van der Waals surface area contributed by atoms with E-state index in [4.69, 9.17) is 0 Å². The molecule has 0 saturated heterocycles. The molecule has 2 aliphatic carbocycles. The predicted molar refractivity (Wildman–Crippen MR) is 48.3 cm³/mol. The van der Waals surface area contributed by atoms with E-state index in [0.29, 0.717) is 0 Å². The Morgan fingerprint density at radius 2 is 2.36 bits per heavy atom. The molecule has 0 aromatic rings. The molecular weight excluding hydrogens is 132 g/mol. The van der Waals surface area contributed by atoms with Crippen LogP contribution in [0.25, 0.3) is 0 Å². The van der Waals surface area contributed by atoms with Gasteiger partial charge in [-0.3, -0.25) is 0 Å². The number of rotatable bonds is 1. The summed E-state index contributed by atoms with van der Waals surface area (Å²) in [6, 6.07) is 0. The van der Waals surface area contributed by atoms with Crippen molar-refractivity contribution in [3.05, 3.63) is 36.0 Å². The highest BCUT2D eigenvalue weighted by Crippen LogP contribution is 2.42. The van der Waals surface area contributed by atoms with E-state index in [1.807, 2.05) is 0 Å². The van der Waals surface area contributed by atoms with Crippen molar-refractivity contribution >= 4 is 0 Å². The molecule has 0 radical (unpaired) electrons. The molecule has 0 N–H and O–H groups in total. The van der Waals surface area contributed by atoms with E-state index in [9.17, 15) is 0 Å². The number of allylic oxidation sites excluding steroid dienone is 6. The summed E-state index contributed by atoms with van der Waals surface area (Å²) in [5, 5.41) is 0. The first-order valence-corrected chi connectivity index (χ1v) is 4.40. The summed E-state index contributed by atoms with van der Waals surface area (Å²) in [5.41, 5.74) is 1.63. The average Bonchev–Trinajstić information content (AvgIpc) is 2.60. The van der Waals surface area contributed by atoms with Crippen molar-refractivity contribution in [3.8, 4) is 0 Å². The van der Waals surface area contributed by atoms with E-state index in [1.165, 1.54) is 12.8 Å². The molecule has 0 aromatic carbocycles. The highest BCUT2D eigenvalue weighted by molar-refractivity contribution is 5.29. The SMILES string of the molecule is CC=CC=C1CC2C=CC1C2. The van der Waals surface area contributed by atoms with Gasteiger partial charge in [0, 0.05) is 0 Å². The Hall–Kier alpha value is -0.780. The second-order valence-electron chi connectivity index (χ2n) is 3.46. The van der Waals surface area contributed by atoms with Crippen LogP contribution in [0.15, 0.2) is 36.0 Å². The molecule has 2 bridgehead atoms. The Morgan fingerprint density at radius 3 is 2.91 bits per heavy atom. The molecule has 0 aliphatic heterocycles. The van der Waals surface area contributed by atoms with Crippen LogP contribution < -0.4 is 0 Å².